The summed E-state index contributed by atoms with van der Waals surface area (Å²) in [5.41, 5.74) is 2.93. The molecule has 0 spiro atoms. The second-order valence-corrected chi connectivity index (χ2v) is 6.44. The van der Waals surface area contributed by atoms with Crippen LogP contribution in [0.1, 0.15) is 30.9 Å². The number of halogens is 1. The fourth-order valence-electron chi connectivity index (χ4n) is 2.62. The van der Waals surface area contributed by atoms with E-state index in [9.17, 15) is 4.39 Å². The average Bonchev–Trinajstić information content (AvgIpc) is 2.64. The van der Waals surface area contributed by atoms with Gasteiger partial charge in [-0.2, -0.15) is 4.98 Å². The predicted molar refractivity (Wildman–Crippen MR) is 104 cm³/mol. The van der Waals surface area contributed by atoms with E-state index in [0.717, 1.165) is 5.69 Å². The van der Waals surface area contributed by atoms with Crippen LogP contribution in [-0.2, 0) is 6.42 Å². The van der Waals surface area contributed by atoms with Crippen molar-refractivity contribution in [2.75, 3.05) is 17.2 Å². The lowest BCUT2D eigenvalue weighted by Gasteiger charge is -2.10. The smallest absolute Gasteiger partial charge is 0.229 e. The molecule has 0 unspecified atom stereocenters. The van der Waals surface area contributed by atoms with E-state index in [2.05, 4.69) is 46.6 Å². The van der Waals surface area contributed by atoms with E-state index in [0.29, 0.717) is 36.2 Å². The minimum Gasteiger partial charge on any atom is -0.370 e. The van der Waals surface area contributed by atoms with Gasteiger partial charge in [-0.25, -0.2) is 9.37 Å². The fourth-order valence-corrected chi connectivity index (χ4v) is 2.62. The van der Waals surface area contributed by atoms with Crippen molar-refractivity contribution in [1.82, 2.24) is 9.97 Å². The van der Waals surface area contributed by atoms with E-state index in [4.69, 9.17) is 0 Å². The van der Waals surface area contributed by atoms with Gasteiger partial charge in [-0.05, 0) is 47.7 Å². The van der Waals surface area contributed by atoms with E-state index in [1.807, 2.05) is 18.2 Å². The van der Waals surface area contributed by atoms with E-state index >= 15 is 0 Å². The summed E-state index contributed by atoms with van der Waals surface area (Å²) in [5, 5.41) is 6.42. The Morgan fingerprint density at radius 3 is 2.50 bits per heavy atom. The van der Waals surface area contributed by atoms with Crippen LogP contribution in [0, 0.1) is 5.82 Å². The Bertz CT molecular complexity index is 847. The lowest BCUT2D eigenvalue weighted by atomic mass is 10.0. The molecule has 0 aliphatic carbocycles. The molecule has 0 bridgehead atoms. The second-order valence-electron chi connectivity index (χ2n) is 6.44. The molecule has 134 valence electrons. The zero-order valence-electron chi connectivity index (χ0n) is 15.0. The Labute approximate surface area is 153 Å². The van der Waals surface area contributed by atoms with Crippen molar-refractivity contribution in [1.29, 1.82) is 0 Å². The SMILES string of the molecule is CC(C)c1ccc(Nc2nccc(NCCc3ccccc3F)n2)cc1. The first kappa shape index (κ1) is 17.9. The number of aromatic nitrogens is 2. The molecule has 0 aliphatic heterocycles. The number of anilines is 3. The summed E-state index contributed by atoms with van der Waals surface area (Å²) in [5.74, 6) is 1.56. The highest BCUT2D eigenvalue weighted by atomic mass is 19.1. The van der Waals surface area contributed by atoms with Gasteiger partial charge >= 0.3 is 0 Å². The Balaban J connectivity index is 1.58. The van der Waals surface area contributed by atoms with Gasteiger partial charge in [0.2, 0.25) is 5.95 Å². The number of nitrogens with zero attached hydrogens (tertiary/aromatic N) is 2. The zero-order valence-corrected chi connectivity index (χ0v) is 15.0. The van der Waals surface area contributed by atoms with Crippen molar-refractivity contribution in [3.05, 3.63) is 77.7 Å². The maximum absolute atomic E-state index is 13.6. The molecule has 1 heterocycles. The Morgan fingerprint density at radius 2 is 1.77 bits per heavy atom. The van der Waals surface area contributed by atoms with Gasteiger partial charge in [0.15, 0.2) is 0 Å². The highest BCUT2D eigenvalue weighted by molar-refractivity contribution is 5.55. The third kappa shape index (κ3) is 4.79. The number of hydrogen-bond acceptors (Lipinski definition) is 4. The van der Waals surface area contributed by atoms with Crippen LogP contribution < -0.4 is 10.6 Å². The molecule has 0 amide bonds. The standard InChI is InChI=1S/C21H23FN4/c1-15(2)16-7-9-18(10-8-16)25-21-24-14-12-20(26-21)23-13-11-17-5-3-4-6-19(17)22/h3-10,12,14-15H,11,13H2,1-2H3,(H2,23,24,25,26). The van der Waals surface area contributed by atoms with Crippen LogP contribution in [0.4, 0.5) is 21.8 Å². The molecule has 1 aromatic heterocycles. The molecule has 2 N–H and O–H groups in total. The molecule has 0 atom stereocenters. The Kier molecular flexibility index (Phi) is 5.79. The predicted octanol–water partition coefficient (Wildman–Crippen LogP) is 5.14. The lowest BCUT2D eigenvalue weighted by molar-refractivity contribution is 0.610. The van der Waals surface area contributed by atoms with Crippen LogP contribution in [-0.4, -0.2) is 16.5 Å². The van der Waals surface area contributed by atoms with Gasteiger partial charge in [0.1, 0.15) is 11.6 Å². The molecule has 26 heavy (non-hydrogen) atoms. The van der Waals surface area contributed by atoms with Crippen LogP contribution in [0.2, 0.25) is 0 Å². The highest BCUT2D eigenvalue weighted by Crippen LogP contribution is 2.19. The number of hydrogen-bond donors (Lipinski definition) is 2. The van der Waals surface area contributed by atoms with Crippen LogP contribution in [0.15, 0.2) is 60.8 Å². The molecule has 0 saturated carbocycles. The molecule has 2 aromatic carbocycles. The maximum Gasteiger partial charge on any atom is 0.229 e. The van der Waals surface area contributed by atoms with E-state index < -0.39 is 0 Å². The fraction of sp³-hybridized carbons (Fsp3) is 0.238. The highest BCUT2D eigenvalue weighted by Gasteiger charge is 2.03. The van der Waals surface area contributed by atoms with Gasteiger partial charge in [-0.1, -0.05) is 44.2 Å². The minimum atomic E-state index is -0.177. The van der Waals surface area contributed by atoms with Crippen molar-refractivity contribution in [3.8, 4) is 0 Å². The number of benzene rings is 2. The second kappa shape index (κ2) is 8.43. The van der Waals surface area contributed by atoms with Crippen LogP contribution in [0.5, 0.6) is 0 Å². The maximum atomic E-state index is 13.6. The first-order chi connectivity index (χ1) is 12.6. The normalized spacial score (nSPS) is 10.8. The molecule has 0 aliphatic rings. The quantitative estimate of drug-likeness (QED) is 0.620. The topological polar surface area (TPSA) is 49.8 Å². The molecule has 4 nitrogen and oxygen atoms in total. The summed E-state index contributed by atoms with van der Waals surface area (Å²) in [6.45, 7) is 4.93. The van der Waals surface area contributed by atoms with Gasteiger partial charge in [0.25, 0.3) is 0 Å². The summed E-state index contributed by atoms with van der Waals surface area (Å²) in [7, 11) is 0. The molecule has 3 aromatic rings. The van der Waals surface area contributed by atoms with Crippen LogP contribution >= 0.6 is 0 Å². The lowest BCUT2D eigenvalue weighted by Crippen LogP contribution is -2.08. The summed E-state index contributed by atoms with van der Waals surface area (Å²) >= 11 is 0. The molecular formula is C21H23FN4. The van der Waals surface area contributed by atoms with Crippen LogP contribution in [0.3, 0.4) is 0 Å². The molecule has 5 heteroatoms. The van der Waals surface area contributed by atoms with Gasteiger partial charge in [0, 0.05) is 18.4 Å². The molecule has 0 radical (unpaired) electrons. The average molecular weight is 350 g/mol. The molecule has 0 saturated heterocycles. The van der Waals surface area contributed by atoms with Crippen molar-refractivity contribution in [3.63, 3.8) is 0 Å². The van der Waals surface area contributed by atoms with E-state index in [-0.39, 0.29) is 5.82 Å². The van der Waals surface area contributed by atoms with Crippen LogP contribution in [0.25, 0.3) is 0 Å². The van der Waals surface area contributed by atoms with Gasteiger partial charge in [-0.3, -0.25) is 0 Å². The zero-order chi connectivity index (χ0) is 18.4. The summed E-state index contributed by atoms with van der Waals surface area (Å²) in [6.07, 6.45) is 2.29. The Hall–Kier alpha value is -2.95. The van der Waals surface area contributed by atoms with Crippen molar-refractivity contribution in [2.45, 2.75) is 26.2 Å². The van der Waals surface area contributed by atoms with E-state index in [1.54, 1.807) is 24.4 Å². The third-order valence-corrected chi connectivity index (χ3v) is 4.15. The largest absolute Gasteiger partial charge is 0.370 e. The van der Waals surface area contributed by atoms with Crippen molar-refractivity contribution >= 4 is 17.5 Å². The summed E-state index contributed by atoms with van der Waals surface area (Å²) in [4.78, 5) is 8.70. The van der Waals surface area contributed by atoms with Crippen molar-refractivity contribution in [2.24, 2.45) is 0 Å². The van der Waals surface area contributed by atoms with Gasteiger partial charge < -0.3 is 10.6 Å². The molecular weight excluding hydrogens is 327 g/mol. The number of rotatable bonds is 7. The first-order valence-corrected chi connectivity index (χ1v) is 8.79. The molecule has 3 rings (SSSR count). The monoisotopic (exact) mass is 350 g/mol. The summed E-state index contributed by atoms with van der Waals surface area (Å²) in [6, 6.07) is 16.9. The van der Waals surface area contributed by atoms with Gasteiger partial charge in [0.05, 0.1) is 0 Å². The van der Waals surface area contributed by atoms with Gasteiger partial charge in [-0.15, -0.1) is 0 Å². The van der Waals surface area contributed by atoms with E-state index in [1.165, 1.54) is 11.6 Å². The Morgan fingerprint density at radius 1 is 1.00 bits per heavy atom. The minimum absolute atomic E-state index is 0.177. The first-order valence-electron chi connectivity index (χ1n) is 8.79. The number of nitrogens with one attached hydrogen (secondary N) is 2. The molecule has 0 fully saturated rings. The summed E-state index contributed by atoms with van der Waals surface area (Å²) < 4.78 is 13.6. The third-order valence-electron chi connectivity index (χ3n) is 4.15. The van der Waals surface area contributed by atoms with Crippen molar-refractivity contribution < 1.29 is 4.39 Å².